The minimum absolute atomic E-state index is 0.0733. The van der Waals surface area contributed by atoms with Crippen molar-refractivity contribution in [2.45, 2.75) is 77.0 Å². The van der Waals surface area contributed by atoms with E-state index in [-0.39, 0.29) is 11.4 Å². The second-order valence-corrected chi connectivity index (χ2v) is 8.16. The van der Waals surface area contributed by atoms with Gasteiger partial charge in [-0.3, -0.25) is 4.79 Å². The number of alkyl carbamates (subject to hydrolysis) is 1. The zero-order valence-electron chi connectivity index (χ0n) is 15.1. The Balaban J connectivity index is 1.89. The summed E-state index contributed by atoms with van der Waals surface area (Å²) in [5, 5.41) is 5.94. The Morgan fingerprint density at radius 3 is 2.09 bits per heavy atom. The Kier molecular flexibility index (Phi) is 4.95. The van der Waals surface area contributed by atoms with E-state index in [4.69, 9.17) is 4.74 Å². The van der Waals surface area contributed by atoms with Gasteiger partial charge in [0.25, 0.3) is 0 Å². The van der Waals surface area contributed by atoms with Crippen molar-refractivity contribution < 1.29 is 14.3 Å². The molecule has 1 saturated carbocycles. The van der Waals surface area contributed by atoms with Crippen LogP contribution in [-0.2, 0) is 9.53 Å². The van der Waals surface area contributed by atoms with Crippen LogP contribution in [-0.4, -0.2) is 53.2 Å². The first kappa shape index (κ1) is 18.0. The largest absolute Gasteiger partial charge is 0.444 e. The van der Waals surface area contributed by atoms with E-state index in [1.54, 1.807) is 0 Å². The molecule has 1 aliphatic carbocycles. The van der Waals surface area contributed by atoms with Gasteiger partial charge in [0.2, 0.25) is 5.91 Å². The lowest BCUT2D eigenvalue weighted by atomic mass is 9.89. The summed E-state index contributed by atoms with van der Waals surface area (Å²) in [5.41, 5.74) is -1.52. The van der Waals surface area contributed by atoms with Gasteiger partial charge in [0, 0.05) is 18.6 Å². The Morgan fingerprint density at radius 2 is 1.65 bits per heavy atom. The summed E-state index contributed by atoms with van der Waals surface area (Å²) >= 11 is 0. The van der Waals surface area contributed by atoms with Crippen LogP contribution in [0.4, 0.5) is 4.79 Å². The number of rotatable bonds is 4. The fraction of sp³-hybridized carbons (Fsp3) is 0.882. The molecular weight excluding hydrogens is 294 g/mol. The van der Waals surface area contributed by atoms with Crippen LogP contribution in [0.2, 0.25) is 0 Å². The Morgan fingerprint density at radius 1 is 1.09 bits per heavy atom. The van der Waals surface area contributed by atoms with Gasteiger partial charge in [0.1, 0.15) is 11.1 Å². The predicted molar refractivity (Wildman–Crippen MR) is 89.2 cm³/mol. The molecule has 2 aliphatic rings. The fourth-order valence-corrected chi connectivity index (χ4v) is 2.91. The maximum atomic E-state index is 12.7. The lowest BCUT2D eigenvalue weighted by Crippen LogP contribution is -2.59. The highest BCUT2D eigenvalue weighted by molar-refractivity contribution is 5.93. The van der Waals surface area contributed by atoms with Gasteiger partial charge in [-0.2, -0.15) is 0 Å². The van der Waals surface area contributed by atoms with Crippen molar-refractivity contribution in [3.63, 3.8) is 0 Å². The van der Waals surface area contributed by atoms with Crippen LogP contribution in [0, 0.1) is 0 Å². The quantitative estimate of drug-likeness (QED) is 0.830. The average molecular weight is 325 g/mol. The third-order valence-corrected chi connectivity index (χ3v) is 4.75. The van der Waals surface area contributed by atoms with E-state index in [0.717, 1.165) is 32.5 Å². The SMILES string of the molecule is CCN1CCC(C)(NC(=O)C2(NC(=O)OC(C)(C)C)CC2)CC1. The first-order valence-corrected chi connectivity index (χ1v) is 8.64. The molecule has 0 radical (unpaired) electrons. The van der Waals surface area contributed by atoms with E-state index < -0.39 is 17.2 Å². The summed E-state index contributed by atoms with van der Waals surface area (Å²) in [6, 6.07) is 0. The number of carbonyl (C=O) groups excluding carboxylic acids is 2. The van der Waals surface area contributed by atoms with Crippen LogP contribution >= 0.6 is 0 Å². The van der Waals surface area contributed by atoms with E-state index in [2.05, 4.69) is 29.4 Å². The smallest absolute Gasteiger partial charge is 0.408 e. The highest BCUT2D eigenvalue weighted by Crippen LogP contribution is 2.37. The number of ether oxygens (including phenoxy) is 1. The Bertz CT molecular complexity index is 458. The molecule has 0 aromatic rings. The summed E-state index contributed by atoms with van der Waals surface area (Å²) in [6.07, 6.45) is 2.71. The molecule has 6 heteroatoms. The molecule has 2 rings (SSSR count). The molecule has 2 fully saturated rings. The van der Waals surface area contributed by atoms with Gasteiger partial charge in [-0.25, -0.2) is 4.79 Å². The van der Waals surface area contributed by atoms with Crippen LogP contribution < -0.4 is 10.6 Å². The second-order valence-electron chi connectivity index (χ2n) is 8.16. The molecule has 0 aromatic heterocycles. The monoisotopic (exact) mass is 325 g/mol. The van der Waals surface area contributed by atoms with E-state index in [1.165, 1.54) is 0 Å². The van der Waals surface area contributed by atoms with Gasteiger partial charge >= 0.3 is 6.09 Å². The van der Waals surface area contributed by atoms with E-state index in [9.17, 15) is 9.59 Å². The molecule has 0 spiro atoms. The first-order chi connectivity index (χ1) is 10.6. The van der Waals surface area contributed by atoms with Crippen molar-refractivity contribution in [2.24, 2.45) is 0 Å². The zero-order valence-corrected chi connectivity index (χ0v) is 15.1. The summed E-state index contributed by atoms with van der Waals surface area (Å²) in [7, 11) is 0. The van der Waals surface area contributed by atoms with Crippen molar-refractivity contribution in [2.75, 3.05) is 19.6 Å². The molecule has 1 heterocycles. The van der Waals surface area contributed by atoms with Crippen LogP contribution in [0.5, 0.6) is 0 Å². The molecule has 2 N–H and O–H groups in total. The lowest BCUT2D eigenvalue weighted by Gasteiger charge is -2.40. The minimum atomic E-state index is -0.771. The van der Waals surface area contributed by atoms with Crippen molar-refractivity contribution in [1.82, 2.24) is 15.5 Å². The molecule has 0 atom stereocenters. The van der Waals surface area contributed by atoms with Crippen LogP contribution in [0.1, 0.15) is 60.3 Å². The van der Waals surface area contributed by atoms with Gasteiger partial charge in [-0.1, -0.05) is 6.92 Å². The van der Waals surface area contributed by atoms with E-state index in [0.29, 0.717) is 12.8 Å². The Hall–Kier alpha value is -1.30. The van der Waals surface area contributed by atoms with Crippen molar-refractivity contribution in [1.29, 1.82) is 0 Å². The van der Waals surface area contributed by atoms with Crippen LogP contribution in [0.3, 0.4) is 0 Å². The molecule has 6 nitrogen and oxygen atoms in total. The lowest BCUT2D eigenvalue weighted by molar-refractivity contribution is -0.126. The summed E-state index contributed by atoms with van der Waals surface area (Å²) in [6.45, 7) is 12.7. The van der Waals surface area contributed by atoms with Gasteiger partial charge in [-0.05, 0) is 59.9 Å². The summed E-state index contributed by atoms with van der Waals surface area (Å²) in [4.78, 5) is 27.0. The molecule has 1 saturated heterocycles. The number of hydrogen-bond donors (Lipinski definition) is 2. The van der Waals surface area contributed by atoms with Gasteiger partial charge in [0.05, 0.1) is 0 Å². The third kappa shape index (κ3) is 4.83. The number of hydrogen-bond acceptors (Lipinski definition) is 4. The highest BCUT2D eigenvalue weighted by atomic mass is 16.6. The van der Waals surface area contributed by atoms with Crippen molar-refractivity contribution >= 4 is 12.0 Å². The normalized spacial score (nSPS) is 23.0. The zero-order chi connectivity index (χ0) is 17.3. The minimum Gasteiger partial charge on any atom is -0.444 e. The maximum Gasteiger partial charge on any atom is 0.408 e. The van der Waals surface area contributed by atoms with Crippen LogP contribution in [0.25, 0.3) is 0 Å². The topological polar surface area (TPSA) is 70.7 Å². The number of nitrogens with one attached hydrogen (secondary N) is 2. The van der Waals surface area contributed by atoms with E-state index >= 15 is 0 Å². The number of carbonyl (C=O) groups is 2. The summed E-state index contributed by atoms with van der Waals surface area (Å²) < 4.78 is 5.27. The number of amides is 2. The summed E-state index contributed by atoms with van der Waals surface area (Å²) in [5.74, 6) is -0.0733. The molecule has 2 amide bonds. The number of piperidine rings is 1. The molecule has 1 aliphatic heterocycles. The van der Waals surface area contributed by atoms with Crippen molar-refractivity contribution in [3.05, 3.63) is 0 Å². The molecular formula is C17H31N3O3. The average Bonchev–Trinajstić information content (AvgIpc) is 3.18. The molecule has 0 bridgehead atoms. The van der Waals surface area contributed by atoms with Gasteiger partial charge in [0.15, 0.2) is 0 Å². The molecule has 0 unspecified atom stereocenters. The first-order valence-electron chi connectivity index (χ1n) is 8.64. The second kappa shape index (κ2) is 6.30. The Labute approximate surface area is 139 Å². The molecule has 0 aromatic carbocycles. The van der Waals surface area contributed by atoms with Gasteiger partial charge < -0.3 is 20.3 Å². The fourth-order valence-electron chi connectivity index (χ4n) is 2.91. The predicted octanol–water partition coefficient (Wildman–Crippen LogP) is 2.03. The molecule has 23 heavy (non-hydrogen) atoms. The van der Waals surface area contributed by atoms with E-state index in [1.807, 2.05) is 20.8 Å². The van der Waals surface area contributed by atoms with Crippen LogP contribution in [0.15, 0.2) is 0 Å². The number of likely N-dealkylation sites (tertiary alicyclic amines) is 1. The standard InChI is InChI=1S/C17H31N3O3/c1-6-20-11-9-16(5,10-12-20)18-13(21)17(7-8-17)19-14(22)23-15(2,3)4/h6-12H2,1-5H3,(H,18,21)(H,19,22). The maximum absolute atomic E-state index is 12.7. The third-order valence-electron chi connectivity index (χ3n) is 4.75. The molecule has 132 valence electrons. The van der Waals surface area contributed by atoms with Gasteiger partial charge in [-0.15, -0.1) is 0 Å². The highest BCUT2D eigenvalue weighted by Gasteiger charge is 2.53. The number of nitrogens with zero attached hydrogens (tertiary/aromatic N) is 1. The van der Waals surface area contributed by atoms with Crippen molar-refractivity contribution in [3.8, 4) is 0 Å².